The molecule has 0 spiro atoms. The summed E-state index contributed by atoms with van der Waals surface area (Å²) in [6.45, 7) is 2.07. The third-order valence-corrected chi connectivity index (χ3v) is 7.80. The van der Waals surface area contributed by atoms with Crippen LogP contribution in [0.4, 0.5) is 4.79 Å². The second-order valence-electron chi connectivity index (χ2n) is 10.6. The minimum Gasteiger partial charge on any atom is -0.450 e. The van der Waals surface area contributed by atoms with E-state index in [0.29, 0.717) is 19.0 Å². The number of nitrogens with one attached hydrogen (secondary N) is 1. The van der Waals surface area contributed by atoms with Crippen LogP contribution in [0.2, 0.25) is 0 Å². The second-order valence-corrected chi connectivity index (χ2v) is 10.6. The normalized spacial score (nSPS) is 17.6. The van der Waals surface area contributed by atoms with Gasteiger partial charge in [0.2, 0.25) is 5.91 Å². The topological polar surface area (TPSA) is 107 Å². The van der Waals surface area contributed by atoms with Crippen molar-refractivity contribution < 1.29 is 24.6 Å². The van der Waals surface area contributed by atoms with Gasteiger partial charge in [0.05, 0.1) is 5.92 Å². The number of benzene rings is 2. The lowest BCUT2D eigenvalue weighted by Gasteiger charge is -2.24. The van der Waals surface area contributed by atoms with Gasteiger partial charge in [0.25, 0.3) is 5.91 Å². The highest BCUT2D eigenvalue weighted by Crippen LogP contribution is 2.38. The number of carbonyl (C=O) groups excluding carboxylic acids is 2. The molecule has 0 bridgehead atoms. The molecule has 2 aliphatic carbocycles. The molecule has 1 heterocycles. The molecule has 37 heavy (non-hydrogen) atoms. The summed E-state index contributed by atoms with van der Waals surface area (Å²) in [5.74, 6) is 1.67. The molecule has 2 aromatic rings. The van der Waals surface area contributed by atoms with Crippen molar-refractivity contribution in [3.05, 3.63) is 70.8 Å². The molecule has 0 radical (unpaired) electrons. The van der Waals surface area contributed by atoms with Gasteiger partial charge in [0, 0.05) is 25.2 Å². The number of carbonyl (C=O) groups is 3. The molecule has 1 aliphatic heterocycles. The van der Waals surface area contributed by atoms with Crippen LogP contribution >= 0.6 is 0 Å². The maximum absolute atomic E-state index is 13.2. The predicted molar refractivity (Wildman–Crippen MR) is 141 cm³/mol. The van der Waals surface area contributed by atoms with Gasteiger partial charge < -0.3 is 20.4 Å². The minimum atomic E-state index is -1.83. The molecule has 7 heteroatoms. The fourth-order valence-electron chi connectivity index (χ4n) is 5.71. The Labute approximate surface area is 218 Å². The van der Waals surface area contributed by atoms with Gasteiger partial charge in [0.1, 0.15) is 0 Å². The predicted octanol–water partition coefficient (Wildman–Crippen LogP) is 6.04. The van der Waals surface area contributed by atoms with Crippen LogP contribution in [0.15, 0.2) is 48.5 Å². The molecule has 3 N–H and O–H groups in total. The quantitative estimate of drug-likeness (QED) is 0.341. The van der Waals surface area contributed by atoms with Crippen LogP contribution in [0.5, 0.6) is 0 Å². The average molecular weight is 507 g/mol. The maximum Gasteiger partial charge on any atom is 0.503 e. The Morgan fingerprint density at radius 3 is 2.27 bits per heavy atom. The van der Waals surface area contributed by atoms with Crippen LogP contribution < -0.4 is 5.32 Å². The Bertz CT molecular complexity index is 1070. The third kappa shape index (κ3) is 7.57. The summed E-state index contributed by atoms with van der Waals surface area (Å²) in [5, 5.41) is 17.2. The minimum absolute atomic E-state index is 0.0531. The van der Waals surface area contributed by atoms with Crippen LogP contribution in [0.25, 0.3) is 0 Å². The Morgan fingerprint density at radius 2 is 1.62 bits per heavy atom. The molecule has 2 amide bonds. The molecule has 1 unspecified atom stereocenters. The van der Waals surface area contributed by atoms with Crippen molar-refractivity contribution >= 4 is 18.0 Å². The smallest absolute Gasteiger partial charge is 0.450 e. The van der Waals surface area contributed by atoms with E-state index >= 15 is 0 Å². The molecule has 7 nitrogen and oxygen atoms in total. The van der Waals surface area contributed by atoms with Crippen LogP contribution in [0.3, 0.4) is 0 Å². The van der Waals surface area contributed by atoms with Crippen molar-refractivity contribution in [3.8, 4) is 0 Å². The Balaban J connectivity index is 0.000000747. The van der Waals surface area contributed by atoms with E-state index in [9.17, 15) is 9.59 Å². The monoisotopic (exact) mass is 506 g/mol. The Kier molecular flexibility index (Phi) is 9.20. The van der Waals surface area contributed by atoms with E-state index in [2.05, 4.69) is 29.6 Å². The summed E-state index contributed by atoms with van der Waals surface area (Å²) < 4.78 is 0. The molecular formula is C30H38N2O5. The molecule has 198 valence electrons. The summed E-state index contributed by atoms with van der Waals surface area (Å²) >= 11 is 0. The third-order valence-electron chi connectivity index (χ3n) is 7.80. The van der Waals surface area contributed by atoms with E-state index in [1.807, 2.05) is 29.2 Å². The number of unbranched alkanes of at least 4 members (excludes halogenated alkanes) is 1. The number of amides is 2. The van der Waals surface area contributed by atoms with E-state index in [4.69, 9.17) is 15.0 Å². The van der Waals surface area contributed by atoms with Gasteiger partial charge in [0.15, 0.2) is 0 Å². The summed E-state index contributed by atoms with van der Waals surface area (Å²) in [4.78, 5) is 36.4. The molecule has 0 aromatic heterocycles. The summed E-state index contributed by atoms with van der Waals surface area (Å²) in [6, 6.07) is 16.3. The van der Waals surface area contributed by atoms with Crippen molar-refractivity contribution in [2.45, 2.75) is 76.8 Å². The van der Waals surface area contributed by atoms with Gasteiger partial charge >= 0.3 is 6.16 Å². The zero-order chi connectivity index (χ0) is 26.2. The first-order valence-corrected chi connectivity index (χ1v) is 13.6. The standard InChI is InChI=1S/C29H36N2O2.CH2O3/c32-28(30-18-6-5-7-21-12-13-21)27(23-8-1-2-9-23)24-16-14-22(15-17-24)19-31-20-25-10-3-4-11-26(25)29(31)33;2-1(3)4/h3-4,10-11,14-17,21,23,27H,1-2,5-9,12-13,18-20H2,(H,30,32);(H2,2,3,4). The molecule has 2 saturated carbocycles. The van der Waals surface area contributed by atoms with Gasteiger partial charge in [-0.25, -0.2) is 4.79 Å². The zero-order valence-corrected chi connectivity index (χ0v) is 21.4. The fraction of sp³-hybridized carbons (Fsp3) is 0.500. The van der Waals surface area contributed by atoms with E-state index in [0.717, 1.165) is 54.0 Å². The van der Waals surface area contributed by atoms with Crippen molar-refractivity contribution in [1.82, 2.24) is 10.2 Å². The highest BCUT2D eigenvalue weighted by molar-refractivity contribution is 5.98. The Morgan fingerprint density at radius 1 is 0.946 bits per heavy atom. The number of hydrogen-bond donors (Lipinski definition) is 3. The van der Waals surface area contributed by atoms with Crippen LogP contribution in [0.1, 0.15) is 90.8 Å². The molecule has 0 saturated heterocycles. The second kappa shape index (κ2) is 12.7. The molecule has 2 aromatic carbocycles. The average Bonchev–Trinajstić information content (AvgIpc) is 3.44. The van der Waals surface area contributed by atoms with Gasteiger partial charge in [-0.1, -0.05) is 81.0 Å². The van der Waals surface area contributed by atoms with E-state index in [1.54, 1.807) is 0 Å². The summed E-state index contributed by atoms with van der Waals surface area (Å²) in [5.41, 5.74) is 4.17. The molecule has 3 aliphatic rings. The zero-order valence-electron chi connectivity index (χ0n) is 21.4. The first-order chi connectivity index (χ1) is 17.9. The number of carboxylic acid groups (broad SMARTS) is 2. The fourth-order valence-corrected chi connectivity index (χ4v) is 5.71. The number of nitrogens with zero attached hydrogens (tertiary/aromatic N) is 1. The van der Waals surface area contributed by atoms with E-state index < -0.39 is 6.16 Å². The number of fused-ring (bicyclic) bond motifs is 1. The van der Waals surface area contributed by atoms with Crippen molar-refractivity contribution in [3.63, 3.8) is 0 Å². The Hall–Kier alpha value is -3.35. The highest BCUT2D eigenvalue weighted by Gasteiger charge is 2.32. The van der Waals surface area contributed by atoms with Gasteiger partial charge in [-0.2, -0.15) is 0 Å². The lowest BCUT2D eigenvalue weighted by Crippen LogP contribution is -2.33. The number of rotatable bonds is 10. The van der Waals surface area contributed by atoms with Gasteiger partial charge in [-0.15, -0.1) is 0 Å². The van der Waals surface area contributed by atoms with Crippen molar-refractivity contribution in [2.24, 2.45) is 11.8 Å². The maximum atomic E-state index is 13.2. The summed E-state index contributed by atoms with van der Waals surface area (Å²) in [7, 11) is 0. The molecule has 1 atom stereocenters. The van der Waals surface area contributed by atoms with E-state index in [-0.39, 0.29) is 17.7 Å². The van der Waals surface area contributed by atoms with Gasteiger partial charge in [-0.3, -0.25) is 9.59 Å². The molecule has 2 fully saturated rings. The van der Waals surface area contributed by atoms with Gasteiger partial charge in [-0.05, 0) is 53.9 Å². The highest BCUT2D eigenvalue weighted by atomic mass is 16.6. The van der Waals surface area contributed by atoms with E-state index in [1.165, 1.54) is 38.5 Å². The molecule has 5 rings (SSSR count). The van der Waals surface area contributed by atoms with Crippen molar-refractivity contribution in [2.75, 3.05) is 6.54 Å². The lowest BCUT2D eigenvalue weighted by molar-refractivity contribution is -0.123. The largest absolute Gasteiger partial charge is 0.503 e. The first kappa shape index (κ1) is 26.7. The number of hydrogen-bond acceptors (Lipinski definition) is 3. The lowest BCUT2D eigenvalue weighted by atomic mass is 9.83. The summed E-state index contributed by atoms with van der Waals surface area (Å²) in [6.07, 6.45) is 9.36. The SMILES string of the molecule is O=C(NCCCCC1CC1)C(c1ccc(CN2Cc3ccccc3C2=O)cc1)C1CCCC1.O=C(O)O. The van der Waals surface area contributed by atoms with Crippen LogP contribution in [-0.2, 0) is 17.9 Å². The molecular weight excluding hydrogens is 468 g/mol. The van der Waals surface area contributed by atoms with Crippen LogP contribution in [-0.4, -0.2) is 39.6 Å². The van der Waals surface area contributed by atoms with Crippen LogP contribution in [0, 0.1) is 11.8 Å². The van der Waals surface area contributed by atoms with Crippen molar-refractivity contribution in [1.29, 1.82) is 0 Å². The first-order valence-electron chi connectivity index (χ1n) is 13.6.